The molecule has 5 heteroatoms. The first-order valence-electron chi connectivity index (χ1n) is 8.29. The average molecular weight is 367 g/mol. The zero-order chi connectivity index (χ0) is 18.6. The summed E-state index contributed by atoms with van der Waals surface area (Å²) >= 11 is 0. The number of anilines is 1. The number of hydrogen-bond acceptors (Lipinski definition) is 3. The summed E-state index contributed by atoms with van der Waals surface area (Å²) < 4.78 is 33.4. The van der Waals surface area contributed by atoms with Crippen LogP contribution >= 0.6 is 0 Å². The van der Waals surface area contributed by atoms with Gasteiger partial charge in [0, 0.05) is 0 Å². The molecule has 0 N–H and O–H groups in total. The van der Waals surface area contributed by atoms with E-state index in [-0.39, 0.29) is 11.4 Å². The number of hydrogen-bond donors (Lipinski definition) is 0. The van der Waals surface area contributed by atoms with Gasteiger partial charge in [-0.25, -0.2) is 8.42 Å². The second-order valence-electron chi connectivity index (χ2n) is 5.96. The molecule has 134 valence electrons. The Morgan fingerprint density at radius 2 is 1.50 bits per heavy atom. The van der Waals surface area contributed by atoms with Crippen LogP contribution in [0.5, 0.6) is 5.75 Å². The third-order valence-electron chi connectivity index (χ3n) is 4.17. The van der Waals surface area contributed by atoms with Gasteiger partial charge in [-0.05, 0) is 48.4 Å². The number of aryl methyl sites for hydroxylation is 1. The van der Waals surface area contributed by atoms with E-state index in [1.807, 2.05) is 55.5 Å². The second-order valence-corrected chi connectivity index (χ2v) is 7.83. The number of methoxy groups -OCH3 is 1. The monoisotopic (exact) mass is 367 g/mol. The third kappa shape index (κ3) is 3.73. The number of benzene rings is 3. The third-order valence-corrected chi connectivity index (χ3v) is 5.94. The van der Waals surface area contributed by atoms with Crippen LogP contribution in [-0.2, 0) is 16.6 Å². The summed E-state index contributed by atoms with van der Waals surface area (Å²) in [6.07, 6.45) is 0. The van der Waals surface area contributed by atoms with Crippen molar-refractivity contribution in [3.63, 3.8) is 0 Å². The van der Waals surface area contributed by atoms with E-state index >= 15 is 0 Å². The normalized spacial score (nSPS) is 11.2. The summed E-state index contributed by atoms with van der Waals surface area (Å²) in [6, 6.07) is 23.6. The van der Waals surface area contributed by atoms with E-state index < -0.39 is 10.0 Å². The second kappa shape index (κ2) is 7.62. The standard InChI is InChI=1S/C21H21NO3S/c1-17-15-20(13-14-21(17)25-2)26(23,24)22(19-11-7-4-8-12-19)16-18-9-5-3-6-10-18/h3-15H,16H2,1-2H3. The molecule has 0 radical (unpaired) electrons. The Bertz CT molecular complexity index is 971. The first-order valence-corrected chi connectivity index (χ1v) is 9.73. The largest absolute Gasteiger partial charge is 0.496 e. The Kier molecular flexibility index (Phi) is 5.28. The van der Waals surface area contributed by atoms with E-state index in [1.54, 1.807) is 37.4 Å². The molecule has 0 spiro atoms. The minimum atomic E-state index is -3.72. The molecule has 0 aliphatic rings. The minimum Gasteiger partial charge on any atom is -0.496 e. The SMILES string of the molecule is COc1ccc(S(=O)(=O)N(Cc2ccccc2)c2ccccc2)cc1C. The van der Waals surface area contributed by atoms with E-state index in [0.717, 1.165) is 11.1 Å². The van der Waals surface area contributed by atoms with Gasteiger partial charge >= 0.3 is 0 Å². The summed E-state index contributed by atoms with van der Waals surface area (Å²) in [5, 5.41) is 0. The van der Waals surface area contributed by atoms with Crippen molar-refractivity contribution in [3.05, 3.63) is 90.0 Å². The van der Waals surface area contributed by atoms with Crippen LogP contribution in [0.4, 0.5) is 5.69 Å². The van der Waals surface area contributed by atoms with E-state index in [2.05, 4.69) is 0 Å². The predicted octanol–water partition coefficient (Wildman–Crippen LogP) is 4.40. The molecule has 0 bridgehead atoms. The van der Waals surface area contributed by atoms with Crippen LogP contribution in [0.3, 0.4) is 0 Å². The molecule has 0 aromatic heterocycles. The van der Waals surface area contributed by atoms with Gasteiger partial charge in [0.1, 0.15) is 5.75 Å². The molecule has 0 aliphatic carbocycles. The van der Waals surface area contributed by atoms with Crippen LogP contribution in [0.1, 0.15) is 11.1 Å². The summed E-state index contributed by atoms with van der Waals surface area (Å²) in [5.41, 5.74) is 2.33. The first kappa shape index (κ1) is 18.0. The molecular weight excluding hydrogens is 346 g/mol. The lowest BCUT2D eigenvalue weighted by Gasteiger charge is -2.25. The zero-order valence-corrected chi connectivity index (χ0v) is 15.6. The Morgan fingerprint density at radius 3 is 2.08 bits per heavy atom. The number of sulfonamides is 1. The Balaban J connectivity index is 2.06. The van der Waals surface area contributed by atoms with Crippen LogP contribution in [-0.4, -0.2) is 15.5 Å². The number of ether oxygens (including phenoxy) is 1. The van der Waals surface area contributed by atoms with Gasteiger partial charge in [-0.1, -0.05) is 48.5 Å². The molecule has 0 saturated carbocycles. The van der Waals surface area contributed by atoms with Crippen molar-refractivity contribution >= 4 is 15.7 Å². The van der Waals surface area contributed by atoms with E-state index in [9.17, 15) is 8.42 Å². The van der Waals surface area contributed by atoms with Gasteiger partial charge < -0.3 is 4.74 Å². The molecule has 0 amide bonds. The molecule has 3 rings (SSSR count). The highest BCUT2D eigenvalue weighted by Crippen LogP contribution is 2.28. The highest BCUT2D eigenvalue weighted by Gasteiger charge is 2.25. The maximum Gasteiger partial charge on any atom is 0.264 e. The molecule has 3 aromatic carbocycles. The first-order chi connectivity index (χ1) is 12.5. The molecule has 0 atom stereocenters. The number of para-hydroxylation sites is 1. The Morgan fingerprint density at radius 1 is 0.885 bits per heavy atom. The van der Waals surface area contributed by atoms with Crippen molar-refractivity contribution in [2.24, 2.45) is 0 Å². The fourth-order valence-electron chi connectivity index (χ4n) is 2.80. The predicted molar refractivity (Wildman–Crippen MR) is 104 cm³/mol. The molecule has 26 heavy (non-hydrogen) atoms. The van der Waals surface area contributed by atoms with Gasteiger partial charge in [0.2, 0.25) is 0 Å². The van der Waals surface area contributed by atoms with Gasteiger partial charge in [-0.3, -0.25) is 4.31 Å². The summed E-state index contributed by atoms with van der Waals surface area (Å²) in [5.74, 6) is 0.665. The molecule has 0 heterocycles. The van der Waals surface area contributed by atoms with Crippen LogP contribution < -0.4 is 9.04 Å². The summed E-state index contributed by atoms with van der Waals surface area (Å²) in [7, 11) is -2.15. The average Bonchev–Trinajstić information content (AvgIpc) is 2.67. The highest BCUT2D eigenvalue weighted by atomic mass is 32.2. The molecule has 0 saturated heterocycles. The van der Waals surface area contributed by atoms with Crippen LogP contribution in [0.25, 0.3) is 0 Å². The zero-order valence-electron chi connectivity index (χ0n) is 14.8. The lowest BCUT2D eigenvalue weighted by molar-refractivity contribution is 0.411. The molecule has 0 unspecified atom stereocenters. The van der Waals surface area contributed by atoms with E-state index in [4.69, 9.17) is 4.74 Å². The summed E-state index contributed by atoms with van der Waals surface area (Å²) in [4.78, 5) is 0.246. The van der Waals surface area contributed by atoms with Crippen molar-refractivity contribution < 1.29 is 13.2 Å². The fraction of sp³-hybridized carbons (Fsp3) is 0.143. The van der Waals surface area contributed by atoms with Crippen LogP contribution in [0.15, 0.2) is 83.8 Å². The van der Waals surface area contributed by atoms with Gasteiger partial charge in [-0.2, -0.15) is 0 Å². The lowest BCUT2D eigenvalue weighted by Crippen LogP contribution is -2.30. The van der Waals surface area contributed by atoms with E-state index in [1.165, 1.54) is 4.31 Å². The molecule has 0 fully saturated rings. The number of rotatable bonds is 6. The topological polar surface area (TPSA) is 46.6 Å². The Hall–Kier alpha value is -2.79. The smallest absolute Gasteiger partial charge is 0.264 e. The van der Waals surface area contributed by atoms with Crippen molar-refractivity contribution in [1.82, 2.24) is 0 Å². The quantitative estimate of drug-likeness (QED) is 0.649. The highest BCUT2D eigenvalue weighted by molar-refractivity contribution is 7.92. The van der Waals surface area contributed by atoms with Crippen molar-refractivity contribution in [1.29, 1.82) is 0 Å². The van der Waals surface area contributed by atoms with E-state index in [0.29, 0.717) is 11.4 Å². The molecule has 0 aliphatic heterocycles. The maximum atomic E-state index is 13.4. The minimum absolute atomic E-state index is 0.246. The maximum absolute atomic E-state index is 13.4. The van der Waals surface area contributed by atoms with Gasteiger partial charge in [-0.15, -0.1) is 0 Å². The van der Waals surface area contributed by atoms with Crippen LogP contribution in [0, 0.1) is 6.92 Å². The van der Waals surface area contributed by atoms with Gasteiger partial charge in [0.15, 0.2) is 0 Å². The van der Waals surface area contributed by atoms with Crippen LogP contribution in [0.2, 0.25) is 0 Å². The van der Waals surface area contributed by atoms with Gasteiger partial charge in [0.05, 0.1) is 24.2 Å². The molecular formula is C21H21NO3S. The van der Waals surface area contributed by atoms with Gasteiger partial charge in [0.25, 0.3) is 10.0 Å². The number of nitrogens with zero attached hydrogens (tertiary/aromatic N) is 1. The van der Waals surface area contributed by atoms with Crippen molar-refractivity contribution in [2.75, 3.05) is 11.4 Å². The molecule has 3 aromatic rings. The Labute approximate surface area is 154 Å². The van der Waals surface area contributed by atoms with Crippen molar-refractivity contribution in [3.8, 4) is 5.75 Å². The summed E-state index contributed by atoms with van der Waals surface area (Å²) in [6.45, 7) is 2.10. The molecule has 4 nitrogen and oxygen atoms in total. The lowest BCUT2D eigenvalue weighted by atomic mass is 10.2. The van der Waals surface area contributed by atoms with Crippen molar-refractivity contribution in [2.45, 2.75) is 18.4 Å². The fourth-order valence-corrected chi connectivity index (χ4v) is 4.34.